The van der Waals surface area contributed by atoms with Crippen molar-refractivity contribution >= 4 is 39.4 Å². The normalized spacial score (nSPS) is 11.3. The van der Waals surface area contributed by atoms with Gasteiger partial charge in [-0.3, -0.25) is 9.10 Å². The predicted molar refractivity (Wildman–Crippen MR) is 168 cm³/mol. The molecule has 0 aliphatic carbocycles. The van der Waals surface area contributed by atoms with Crippen LogP contribution in [0, 0.1) is 6.92 Å². The minimum Gasteiger partial charge on any atom is -0.497 e. The minimum absolute atomic E-state index is 0.0621. The highest BCUT2D eigenvalue weighted by Crippen LogP contribution is 2.29. The van der Waals surface area contributed by atoms with Gasteiger partial charge in [0, 0.05) is 5.02 Å². The van der Waals surface area contributed by atoms with Crippen LogP contribution in [0.15, 0.2) is 101 Å². The molecule has 0 saturated carbocycles. The zero-order valence-corrected chi connectivity index (χ0v) is 25.6. The molecule has 4 rings (SSSR count). The van der Waals surface area contributed by atoms with E-state index in [-0.39, 0.29) is 4.90 Å². The molecule has 1 amide bonds. The van der Waals surface area contributed by atoms with E-state index in [2.05, 4.69) is 10.5 Å². The van der Waals surface area contributed by atoms with Gasteiger partial charge in [-0.05, 0) is 91.7 Å². The fourth-order valence-electron chi connectivity index (χ4n) is 3.98. The van der Waals surface area contributed by atoms with Crippen molar-refractivity contribution in [2.75, 3.05) is 24.6 Å². The first-order valence-electron chi connectivity index (χ1n) is 13.4. The van der Waals surface area contributed by atoms with Crippen molar-refractivity contribution in [3.8, 4) is 17.2 Å². The first-order valence-corrected chi connectivity index (χ1v) is 15.2. The molecule has 0 unspecified atom stereocenters. The molecule has 43 heavy (non-hydrogen) atoms. The monoisotopic (exact) mass is 621 g/mol. The Morgan fingerprint density at radius 3 is 2.28 bits per heavy atom. The van der Waals surface area contributed by atoms with Crippen LogP contribution >= 0.6 is 11.6 Å². The molecule has 0 aliphatic heterocycles. The summed E-state index contributed by atoms with van der Waals surface area (Å²) in [6, 6.07) is 25.4. The number of methoxy groups -OCH3 is 1. The highest BCUT2D eigenvalue weighted by molar-refractivity contribution is 7.92. The van der Waals surface area contributed by atoms with Crippen LogP contribution in [0.4, 0.5) is 5.69 Å². The number of hydrazone groups is 1. The van der Waals surface area contributed by atoms with Gasteiger partial charge in [0.05, 0.1) is 30.5 Å². The highest BCUT2D eigenvalue weighted by atomic mass is 35.5. The summed E-state index contributed by atoms with van der Waals surface area (Å²) >= 11 is 5.95. The zero-order valence-electron chi connectivity index (χ0n) is 24.0. The number of nitrogens with one attached hydrogen (secondary N) is 1. The number of hydrogen-bond acceptors (Lipinski definition) is 7. The Kier molecular flexibility index (Phi) is 10.6. The second-order valence-electron chi connectivity index (χ2n) is 9.37. The van der Waals surface area contributed by atoms with E-state index in [0.29, 0.717) is 46.7 Å². The number of amides is 1. The van der Waals surface area contributed by atoms with Gasteiger partial charge in [-0.25, -0.2) is 13.8 Å². The number of anilines is 1. The smallest absolute Gasteiger partial charge is 0.264 e. The summed E-state index contributed by atoms with van der Waals surface area (Å²) in [5.74, 6) is 0.991. The summed E-state index contributed by atoms with van der Waals surface area (Å²) in [5, 5.41) is 4.69. The van der Waals surface area contributed by atoms with Gasteiger partial charge in [0.2, 0.25) is 0 Å². The fraction of sp³-hybridized carbons (Fsp3) is 0.188. The van der Waals surface area contributed by atoms with Gasteiger partial charge in [0.15, 0.2) is 11.5 Å². The van der Waals surface area contributed by atoms with Gasteiger partial charge >= 0.3 is 0 Å². The van der Waals surface area contributed by atoms with Crippen LogP contribution in [-0.4, -0.2) is 40.8 Å². The second kappa shape index (κ2) is 14.6. The summed E-state index contributed by atoms with van der Waals surface area (Å²) in [4.78, 5) is 13.0. The van der Waals surface area contributed by atoms with Crippen LogP contribution in [0.5, 0.6) is 17.2 Å². The average molecular weight is 622 g/mol. The molecule has 0 radical (unpaired) electrons. The molecule has 0 saturated heterocycles. The Balaban J connectivity index is 1.47. The quantitative estimate of drug-likeness (QED) is 0.145. The van der Waals surface area contributed by atoms with Crippen molar-refractivity contribution in [2.45, 2.75) is 25.3 Å². The van der Waals surface area contributed by atoms with Gasteiger partial charge in [-0.1, -0.05) is 41.4 Å². The lowest BCUT2D eigenvalue weighted by Gasteiger charge is -2.24. The number of benzene rings is 4. The number of nitrogens with zero attached hydrogens (tertiary/aromatic N) is 2. The lowest BCUT2D eigenvalue weighted by molar-refractivity contribution is -0.119. The first kappa shape index (κ1) is 31.4. The lowest BCUT2D eigenvalue weighted by atomic mass is 10.2. The summed E-state index contributed by atoms with van der Waals surface area (Å²) < 4.78 is 45.0. The second-order valence-corrected chi connectivity index (χ2v) is 11.7. The molecule has 11 heteroatoms. The van der Waals surface area contributed by atoms with Crippen molar-refractivity contribution in [2.24, 2.45) is 5.10 Å². The number of carbonyl (C=O) groups excluding carboxylic acids is 1. The van der Waals surface area contributed by atoms with Crippen LogP contribution in [-0.2, 0) is 21.4 Å². The summed E-state index contributed by atoms with van der Waals surface area (Å²) in [5.41, 5.74) is 5.23. The minimum atomic E-state index is -4.06. The maximum Gasteiger partial charge on any atom is 0.264 e. The van der Waals surface area contributed by atoms with Gasteiger partial charge < -0.3 is 14.2 Å². The Morgan fingerprint density at radius 2 is 1.63 bits per heavy atom. The number of halogens is 1. The summed E-state index contributed by atoms with van der Waals surface area (Å²) in [7, 11) is -2.55. The van der Waals surface area contributed by atoms with Crippen LogP contribution in [0.1, 0.15) is 23.6 Å². The van der Waals surface area contributed by atoms with E-state index in [0.717, 1.165) is 15.4 Å². The van der Waals surface area contributed by atoms with Gasteiger partial charge in [0.1, 0.15) is 18.9 Å². The fourth-order valence-corrected chi connectivity index (χ4v) is 5.53. The third kappa shape index (κ3) is 8.50. The highest BCUT2D eigenvalue weighted by Gasteiger charge is 2.27. The maximum absolute atomic E-state index is 13.6. The van der Waals surface area contributed by atoms with E-state index >= 15 is 0 Å². The standard InChI is InChI=1S/C32H32ClN3O6S/c1-4-41-31-19-25(9-18-30(31)42-22-24-7-10-26(33)11-8-24)20-34-35-32(37)21-36(27-12-14-28(40-3)15-13-27)43(38,39)29-16-5-23(2)6-17-29/h5-20H,4,21-22H2,1-3H3,(H,35,37)/b34-20-. The van der Waals surface area contributed by atoms with E-state index in [1.165, 1.54) is 25.5 Å². The van der Waals surface area contributed by atoms with Crippen molar-refractivity contribution < 1.29 is 27.4 Å². The summed E-state index contributed by atoms with van der Waals surface area (Å²) in [6.07, 6.45) is 1.44. The molecule has 0 aromatic heterocycles. The molecule has 0 bridgehead atoms. The number of carbonyl (C=O) groups is 1. The van der Waals surface area contributed by atoms with E-state index in [1.807, 2.05) is 26.0 Å². The van der Waals surface area contributed by atoms with Crippen molar-refractivity contribution in [3.63, 3.8) is 0 Å². The molecule has 1 N–H and O–H groups in total. The molecule has 0 atom stereocenters. The molecule has 224 valence electrons. The average Bonchev–Trinajstić information content (AvgIpc) is 3.00. The van der Waals surface area contributed by atoms with E-state index in [9.17, 15) is 13.2 Å². The third-order valence-corrected chi connectivity index (χ3v) is 8.27. The van der Waals surface area contributed by atoms with Gasteiger partial charge in [0.25, 0.3) is 15.9 Å². The lowest BCUT2D eigenvalue weighted by Crippen LogP contribution is -2.39. The van der Waals surface area contributed by atoms with Crippen LogP contribution in [0.2, 0.25) is 5.02 Å². The number of ether oxygens (including phenoxy) is 3. The van der Waals surface area contributed by atoms with Crippen molar-refractivity contribution in [1.82, 2.24) is 5.43 Å². The largest absolute Gasteiger partial charge is 0.497 e. The molecule has 4 aromatic carbocycles. The SMILES string of the molecule is CCOc1cc(/C=N\NC(=O)CN(c2ccc(OC)cc2)S(=O)(=O)c2ccc(C)cc2)ccc1OCc1ccc(Cl)cc1. The van der Waals surface area contributed by atoms with E-state index in [1.54, 1.807) is 66.7 Å². The van der Waals surface area contributed by atoms with E-state index in [4.69, 9.17) is 25.8 Å². The van der Waals surface area contributed by atoms with Crippen LogP contribution in [0.25, 0.3) is 0 Å². The number of rotatable bonds is 13. The predicted octanol–water partition coefficient (Wildman–Crippen LogP) is 5.98. The number of aryl methyl sites for hydroxylation is 1. The Labute approximate surface area is 256 Å². The van der Waals surface area contributed by atoms with E-state index < -0.39 is 22.5 Å². The maximum atomic E-state index is 13.6. The number of sulfonamides is 1. The van der Waals surface area contributed by atoms with Crippen LogP contribution < -0.4 is 23.9 Å². The van der Waals surface area contributed by atoms with Crippen LogP contribution in [0.3, 0.4) is 0 Å². The first-order chi connectivity index (χ1) is 20.7. The molecule has 0 fully saturated rings. The molecule has 4 aromatic rings. The molecule has 9 nitrogen and oxygen atoms in total. The van der Waals surface area contributed by atoms with Crippen molar-refractivity contribution in [1.29, 1.82) is 0 Å². The van der Waals surface area contributed by atoms with Gasteiger partial charge in [-0.15, -0.1) is 0 Å². The zero-order chi connectivity index (χ0) is 30.8. The summed E-state index contributed by atoms with van der Waals surface area (Å²) in [6.45, 7) is 3.98. The molecular formula is C32H32ClN3O6S. The Bertz CT molecular complexity index is 1660. The van der Waals surface area contributed by atoms with Gasteiger partial charge in [-0.2, -0.15) is 5.10 Å². The topological polar surface area (TPSA) is 107 Å². The molecule has 0 aliphatic rings. The Hall–Kier alpha value is -4.54. The number of hydrogen-bond donors (Lipinski definition) is 1. The third-order valence-electron chi connectivity index (χ3n) is 6.23. The molecule has 0 heterocycles. The van der Waals surface area contributed by atoms with Crippen molar-refractivity contribution in [3.05, 3.63) is 113 Å². The molecule has 0 spiro atoms. The Morgan fingerprint density at radius 1 is 0.930 bits per heavy atom. The molecular weight excluding hydrogens is 590 g/mol.